The highest BCUT2D eigenvalue weighted by molar-refractivity contribution is 5.98. The van der Waals surface area contributed by atoms with Gasteiger partial charge in [0.1, 0.15) is 11.6 Å². The zero-order valence-corrected chi connectivity index (χ0v) is 20.9. The van der Waals surface area contributed by atoms with Crippen LogP contribution in [0.15, 0.2) is 43.4 Å². The van der Waals surface area contributed by atoms with Crippen molar-refractivity contribution in [3.8, 4) is 6.07 Å². The van der Waals surface area contributed by atoms with E-state index in [-0.39, 0.29) is 29.9 Å². The lowest BCUT2D eigenvalue weighted by molar-refractivity contribution is -0.120. The first-order chi connectivity index (χ1) is 16.6. The van der Waals surface area contributed by atoms with Crippen LogP contribution in [0.5, 0.6) is 0 Å². The molecule has 3 aliphatic rings. The Morgan fingerprint density at radius 3 is 2.66 bits per heavy atom. The summed E-state index contributed by atoms with van der Waals surface area (Å²) in [5.74, 6) is -0.0994. The van der Waals surface area contributed by atoms with E-state index in [1.807, 2.05) is 66.9 Å². The maximum atomic E-state index is 13.3. The Balaban J connectivity index is 1.56. The van der Waals surface area contributed by atoms with Crippen molar-refractivity contribution < 1.29 is 14.3 Å². The van der Waals surface area contributed by atoms with Crippen molar-refractivity contribution >= 4 is 23.4 Å². The number of carbonyl (C=O) groups is 2. The van der Waals surface area contributed by atoms with Crippen molar-refractivity contribution in [2.75, 3.05) is 43.0 Å². The summed E-state index contributed by atoms with van der Waals surface area (Å²) >= 11 is 0. The van der Waals surface area contributed by atoms with Gasteiger partial charge < -0.3 is 29.7 Å². The predicted octanol–water partition coefficient (Wildman–Crippen LogP) is 2.86. The number of benzene rings is 1. The molecule has 1 aromatic rings. The lowest BCUT2D eigenvalue weighted by atomic mass is 10.0. The molecular formula is C26H34N6O3. The molecule has 186 valence electrons. The van der Waals surface area contributed by atoms with E-state index in [9.17, 15) is 14.9 Å². The van der Waals surface area contributed by atoms with E-state index in [1.165, 1.54) is 0 Å². The van der Waals surface area contributed by atoms with E-state index >= 15 is 0 Å². The Kier molecular flexibility index (Phi) is 6.66. The van der Waals surface area contributed by atoms with Crippen LogP contribution in [-0.4, -0.2) is 66.7 Å². The molecule has 1 unspecified atom stereocenters. The summed E-state index contributed by atoms with van der Waals surface area (Å²) in [4.78, 5) is 33.3. The van der Waals surface area contributed by atoms with E-state index < -0.39 is 5.60 Å². The lowest BCUT2D eigenvalue weighted by Crippen LogP contribution is -2.38. The Morgan fingerprint density at radius 1 is 1.26 bits per heavy atom. The fourth-order valence-electron chi connectivity index (χ4n) is 5.03. The van der Waals surface area contributed by atoms with Gasteiger partial charge in [0, 0.05) is 62.9 Å². The molecule has 2 fully saturated rings. The highest BCUT2D eigenvalue weighted by Crippen LogP contribution is 2.38. The van der Waals surface area contributed by atoms with Gasteiger partial charge in [-0.05, 0) is 50.7 Å². The molecule has 9 heteroatoms. The Labute approximate surface area is 207 Å². The van der Waals surface area contributed by atoms with Crippen molar-refractivity contribution in [2.45, 2.75) is 39.0 Å². The minimum absolute atomic E-state index is 0.0389. The van der Waals surface area contributed by atoms with Gasteiger partial charge in [0.2, 0.25) is 5.91 Å². The van der Waals surface area contributed by atoms with Crippen LogP contribution in [0.3, 0.4) is 0 Å². The number of nitrogens with zero attached hydrogens (tertiary/aromatic N) is 5. The molecule has 9 nitrogen and oxygen atoms in total. The second-order valence-electron chi connectivity index (χ2n) is 10.3. The molecule has 0 aromatic heterocycles. The number of fused-ring (bicyclic) bond motifs is 2. The third-order valence-electron chi connectivity index (χ3n) is 6.67. The number of hydrogen-bond donors (Lipinski definition) is 1. The van der Waals surface area contributed by atoms with Crippen LogP contribution in [0.2, 0.25) is 0 Å². The van der Waals surface area contributed by atoms with Crippen LogP contribution >= 0.6 is 0 Å². The van der Waals surface area contributed by atoms with Crippen LogP contribution in [0.4, 0.5) is 16.2 Å². The molecule has 3 heterocycles. The average molecular weight is 479 g/mol. The van der Waals surface area contributed by atoms with Gasteiger partial charge in [-0.1, -0.05) is 6.58 Å². The summed E-state index contributed by atoms with van der Waals surface area (Å²) in [5, 5.41) is 12.8. The first kappa shape index (κ1) is 24.5. The van der Waals surface area contributed by atoms with E-state index in [4.69, 9.17) is 4.74 Å². The molecule has 0 saturated carbocycles. The number of nitrogens with one attached hydrogen (secondary N) is 1. The molecule has 3 aliphatic heterocycles. The first-order valence-electron chi connectivity index (χ1n) is 12.0. The van der Waals surface area contributed by atoms with Gasteiger partial charge in [-0.3, -0.25) is 4.79 Å². The highest BCUT2D eigenvalue weighted by atomic mass is 16.6. The zero-order chi connectivity index (χ0) is 25.3. The van der Waals surface area contributed by atoms with Crippen molar-refractivity contribution in [3.05, 3.63) is 48.9 Å². The minimum atomic E-state index is -0.563. The Morgan fingerprint density at radius 2 is 2.03 bits per heavy atom. The van der Waals surface area contributed by atoms with Crippen molar-refractivity contribution in [3.63, 3.8) is 0 Å². The molecule has 2 saturated heterocycles. The van der Waals surface area contributed by atoms with E-state index in [0.29, 0.717) is 32.7 Å². The van der Waals surface area contributed by atoms with Gasteiger partial charge in [0.25, 0.3) is 0 Å². The highest BCUT2D eigenvalue weighted by Gasteiger charge is 2.48. The van der Waals surface area contributed by atoms with Crippen molar-refractivity contribution in [2.24, 2.45) is 11.8 Å². The number of carbonyl (C=O) groups excluding carboxylic acids is 2. The summed E-state index contributed by atoms with van der Waals surface area (Å²) in [7, 11) is 1.82. The van der Waals surface area contributed by atoms with E-state index in [0.717, 1.165) is 16.9 Å². The summed E-state index contributed by atoms with van der Waals surface area (Å²) in [6.45, 7) is 12.0. The molecule has 1 aromatic carbocycles. The standard InChI is InChI=1S/C26H34N6O3/c1-6-29-13-18-11-20(7-8-23(18)31(10-9-28-5)21(12-27)16-29)32-15-19-14-30(17-22(19)24(32)33)25(34)35-26(2,3)4/h6-11,19,21-22,28H,1,13-17H2,2-5H3/b10-9-/t19-,21?,22-/m1/s1. The maximum absolute atomic E-state index is 13.3. The second-order valence-corrected chi connectivity index (χ2v) is 10.3. The smallest absolute Gasteiger partial charge is 0.410 e. The normalized spacial score (nSPS) is 24.2. The maximum Gasteiger partial charge on any atom is 0.410 e. The number of nitriles is 1. The number of amides is 2. The largest absolute Gasteiger partial charge is 0.444 e. The number of anilines is 2. The molecule has 0 bridgehead atoms. The number of hydrogen-bond acceptors (Lipinski definition) is 7. The minimum Gasteiger partial charge on any atom is -0.444 e. The summed E-state index contributed by atoms with van der Waals surface area (Å²) < 4.78 is 5.50. The summed E-state index contributed by atoms with van der Waals surface area (Å²) in [6, 6.07) is 7.98. The molecule has 1 N–H and O–H groups in total. The second kappa shape index (κ2) is 9.53. The lowest BCUT2D eigenvalue weighted by Gasteiger charge is -2.27. The van der Waals surface area contributed by atoms with Gasteiger partial charge in [-0.25, -0.2) is 4.79 Å². The fourth-order valence-corrected chi connectivity index (χ4v) is 5.03. The third kappa shape index (κ3) is 4.92. The van der Waals surface area contributed by atoms with Crippen molar-refractivity contribution in [1.82, 2.24) is 15.1 Å². The van der Waals surface area contributed by atoms with Gasteiger partial charge in [0.05, 0.1) is 18.5 Å². The van der Waals surface area contributed by atoms with Crippen LogP contribution in [0.1, 0.15) is 26.3 Å². The SMILES string of the molecule is C=CN1Cc2cc(N3C[C@H]4CN(C(=O)OC(C)(C)C)C[C@H]4C3=O)ccc2N(/C=C\NC)C(C#N)C1. The van der Waals surface area contributed by atoms with Gasteiger partial charge in [-0.15, -0.1) is 0 Å². The third-order valence-corrected chi connectivity index (χ3v) is 6.67. The number of rotatable bonds is 4. The van der Waals surface area contributed by atoms with Crippen molar-refractivity contribution in [1.29, 1.82) is 5.26 Å². The van der Waals surface area contributed by atoms with Gasteiger partial charge in [-0.2, -0.15) is 5.26 Å². The molecule has 35 heavy (non-hydrogen) atoms. The molecule has 4 rings (SSSR count). The topological polar surface area (TPSA) is 92.2 Å². The van der Waals surface area contributed by atoms with Crippen LogP contribution in [-0.2, 0) is 16.1 Å². The van der Waals surface area contributed by atoms with E-state index in [1.54, 1.807) is 17.3 Å². The molecule has 3 atom stereocenters. The van der Waals surface area contributed by atoms with Crippen LogP contribution in [0, 0.1) is 23.2 Å². The van der Waals surface area contributed by atoms with Crippen LogP contribution in [0.25, 0.3) is 0 Å². The van der Waals surface area contributed by atoms with E-state index in [2.05, 4.69) is 18.0 Å². The number of likely N-dealkylation sites (tertiary alicyclic amines) is 1. The van der Waals surface area contributed by atoms with Gasteiger partial charge in [0.15, 0.2) is 0 Å². The fraction of sp³-hybridized carbons (Fsp3) is 0.500. The molecule has 0 spiro atoms. The Bertz CT molecular complexity index is 1070. The molecule has 0 aliphatic carbocycles. The summed E-state index contributed by atoms with van der Waals surface area (Å²) in [6.07, 6.45) is 5.06. The summed E-state index contributed by atoms with van der Waals surface area (Å²) in [5.41, 5.74) is 2.22. The quantitative estimate of drug-likeness (QED) is 0.711. The van der Waals surface area contributed by atoms with Crippen LogP contribution < -0.4 is 15.1 Å². The molecule has 2 amide bonds. The average Bonchev–Trinajstić information content (AvgIpc) is 3.31. The first-order valence-corrected chi connectivity index (χ1v) is 12.0. The zero-order valence-electron chi connectivity index (χ0n) is 20.9. The molecule has 0 radical (unpaired) electrons. The molecular weight excluding hydrogens is 444 g/mol. The number of ether oxygens (including phenoxy) is 1. The Hall–Kier alpha value is -3.67. The predicted molar refractivity (Wildman–Crippen MR) is 134 cm³/mol. The van der Waals surface area contributed by atoms with Gasteiger partial charge >= 0.3 is 6.09 Å². The monoisotopic (exact) mass is 478 g/mol.